The standard InChI is InChI=1S/C47H58N6O10S/c1-11-30-24-47(30,42(56)52-64(58,59)46(19-20-46)25-34-27(2)51-63-28(34)3)50-40(54)37-22-32(26-53(37)41(55)39(44(4,5)6)49-43(57)62-45(7,8)9)61-38-23-35(29-15-13-12-14-16-29)48-36-21-31(60-10)17-18-33(36)38/h11-18,21,23,30,32,37,39H,1,19-20,22,24-26H2,2-10H3,(H,49,57)(H,50,54)(H,52,56)/t30-,32-,37+,39-,47-/m1/s1. The van der Waals surface area contributed by atoms with Crippen LogP contribution in [0.1, 0.15) is 84.2 Å². The van der Waals surface area contributed by atoms with E-state index in [1.54, 1.807) is 74.6 Å². The van der Waals surface area contributed by atoms with Crippen LogP contribution in [0.4, 0.5) is 4.79 Å². The van der Waals surface area contributed by atoms with Crippen molar-refractivity contribution in [2.24, 2.45) is 11.3 Å². The molecule has 1 aliphatic heterocycles. The van der Waals surface area contributed by atoms with Crippen molar-refractivity contribution in [3.05, 3.63) is 84.3 Å². The number of nitrogens with zero attached hydrogens (tertiary/aromatic N) is 3. The van der Waals surface area contributed by atoms with Crippen LogP contribution >= 0.6 is 0 Å². The molecule has 3 N–H and O–H groups in total. The molecule has 4 amide bonds. The van der Waals surface area contributed by atoms with Crippen LogP contribution in [0.5, 0.6) is 11.5 Å². The summed E-state index contributed by atoms with van der Waals surface area (Å²) in [7, 11) is -2.69. The molecule has 3 heterocycles. The van der Waals surface area contributed by atoms with E-state index in [9.17, 15) is 27.6 Å². The van der Waals surface area contributed by atoms with Gasteiger partial charge in [0, 0.05) is 41.0 Å². The Hall–Kier alpha value is -5.97. The zero-order valence-electron chi connectivity index (χ0n) is 37.9. The number of benzene rings is 2. The van der Waals surface area contributed by atoms with E-state index in [-0.39, 0.29) is 25.8 Å². The summed E-state index contributed by atoms with van der Waals surface area (Å²) in [6.45, 7) is 17.7. The Morgan fingerprint density at radius 1 is 1.03 bits per heavy atom. The highest BCUT2D eigenvalue weighted by atomic mass is 32.2. The first-order valence-corrected chi connectivity index (χ1v) is 22.9. The van der Waals surface area contributed by atoms with E-state index in [0.29, 0.717) is 58.0 Å². The van der Waals surface area contributed by atoms with Crippen molar-refractivity contribution in [1.29, 1.82) is 0 Å². The van der Waals surface area contributed by atoms with Crippen LogP contribution in [-0.2, 0) is 35.6 Å². The SMILES string of the molecule is C=C[C@@H]1C[C@]1(NC(=O)[C@@H]1C[C@@H](Oc2cc(-c3ccccc3)nc3cc(OC)ccc23)CN1C(=O)[C@@H](NC(=O)OC(C)(C)C)C(C)(C)C)C(=O)NS(=O)(=O)C1(Cc2c(C)noc2C)CC1. The van der Waals surface area contributed by atoms with Crippen LogP contribution < -0.4 is 24.8 Å². The highest BCUT2D eigenvalue weighted by Gasteiger charge is 2.64. The Labute approximate surface area is 373 Å². The van der Waals surface area contributed by atoms with Gasteiger partial charge in [-0.15, -0.1) is 6.58 Å². The Morgan fingerprint density at radius 3 is 2.31 bits per heavy atom. The van der Waals surface area contributed by atoms with Gasteiger partial charge in [0.2, 0.25) is 21.8 Å². The third-order valence-corrected chi connectivity index (χ3v) is 14.4. The number of fused-ring (bicyclic) bond motifs is 1. The number of pyridine rings is 1. The van der Waals surface area contributed by atoms with Gasteiger partial charge in [0.1, 0.15) is 46.6 Å². The van der Waals surface area contributed by atoms with Gasteiger partial charge in [0.15, 0.2) is 0 Å². The number of methoxy groups -OCH3 is 1. The van der Waals surface area contributed by atoms with Gasteiger partial charge in [-0.05, 0) is 77.8 Å². The fraction of sp³-hybridized carbons (Fsp3) is 0.489. The topological polar surface area (TPSA) is 208 Å². The summed E-state index contributed by atoms with van der Waals surface area (Å²) in [5, 5.41) is 10.2. The first kappa shape index (κ1) is 46.0. The van der Waals surface area contributed by atoms with Crippen LogP contribution in [0, 0.1) is 25.2 Å². The first-order valence-electron chi connectivity index (χ1n) is 21.4. The molecule has 342 valence electrons. The van der Waals surface area contributed by atoms with Crippen LogP contribution in [0.3, 0.4) is 0 Å². The summed E-state index contributed by atoms with van der Waals surface area (Å²) < 4.78 is 52.1. The van der Waals surface area contributed by atoms with Gasteiger partial charge in [-0.1, -0.05) is 62.3 Å². The molecule has 5 atom stereocenters. The summed E-state index contributed by atoms with van der Waals surface area (Å²) in [5.74, 6) is -1.23. The number of alkyl carbamates (subject to hydrolysis) is 1. The molecule has 0 unspecified atom stereocenters. The highest BCUT2D eigenvalue weighted by Crippen LogP contribution is 2.49. The molecule has 7 rings (SSSR count). The number of sulfonamides is 1. The van der Waals surface area contributed by atoms with Gasteiger partial charge >= 0.3 is 6.09 Å². The molecule has 0 spiro atoms. The lowest BCUT2D eigenvalue weighted by atomic mass is 9.85. The zero-order valence-corrected chi connectivity index (χ0v) is 38.7. The normalized spacial score (nSPS) is 22.0. The number of carbonyl (C=O) groups is 4. The third-order valence-electron chi connectivity index (χ3n) is 12.3. The van der Waals surface area contributed by atoms with Crippen LogP contribution in [0.2, 0.25) is 0 Å². The van der Waals surface area contributed by atoms with E-state index < -0.39 is 79.2 Å². The zero-order chi connectivity index (χ0) is 46.6. The Balaban J connectivity index is 1.20. The number of likely N-dealkylation sites (tertiary alicyclic amines) is 1. The van der Waals surface area contributed by atoms with Crippen molar-refractivity contribution in [3.63, 3.8) is 0 Å². The minimum absolute atomic E-state index is 0.0170. The number of ether oxygens (including phenoxy) is 3. The molecule has 2 aromatic carbocycles. The van der Waals surface area contributed by atoms with Crippen molar-refractivity contribution < 1.29 is 46.3 Å². The average molecular weight is 899 g/mol. The molecule has 0 bridgehead atoms. The quantitative estimate of drug-likeness (QED) is 0.123. The maximum Gasteiger partial charge on any atom is 0.408 e. The number of hydrogen-bond donors (Lipinski definition) is 3. The average Bonchev–Trinajstić information content (AvgIpc) is 4.10. The number of carbonyl (C=O) groups excluding carboxylic acids is 4. The van der Waals surface area contributed by atoms with E-state index in [0.717, 1.165) is 5.56 Å². The van der Waals surface area contributed by atoms with Crippen LogP contribution in [-0.4, -0.2) is 95.0 Å². The number of aromatic nitrogens is 2. The highest BCUT2D eigenvalue weighted by molar-refractivity contribution is 7.91. The van der Waals surface area contributed by atoms with Crippen molar-refractivity contribution in [2.45, 2.75) is 122 Å². The monoisotopic (exact) mass is 898 g/mol. The van der Waals surface area contributed by atoms with E-state index >= 15 is 0 Å². The minimum Gasteiger partial charge on any atom is -0.497 e. The van der Waals surface area contributed by atoms with Gasteiger partial charge < -0.3 is 34.3 Å². The Morgan fingerprint density at radius 2 is 1.73 bits per heavy atom. The maximum atomic E-state index is 14.9. The largest absolute Gasteiger partial charge is 0.497 e. The summed E-state index contributed by atoms with van der Waals surface area (Å²) in [4.78, 5) is 63.3. The van der Waals surface area contributed by atoms with Gasteiger partial charge in [0.05, 0.1) is 35.3 Å². The van der Waals surface area contributed by atoms with E-state index in [4.69, 9.17) is 23.7 Å². The fourth-order valence-corrected chi connectivity index (χ4v) is 9.98. The van der Waals surface area contributed by atoms with Gasteiger partial charge in [-0.2, -0.15) is 0 Å². The second kappa shape index (κ2) is 16.9. The summed E-state index contributed by atoms with van der Waals surface area (Å²) in [6, 6.07) is 14.4. The van der Waals surface area contributed by atoms with E-state index in [1.165, 1.54) is 11.0 Å². The third kappa shape index (κ3) is 9.31. The first-order chi connectivity index (χ1) is 30.0. The van der Waals surface area contributed by atoms with Crippen LogP contribution in [0.15, 0.2) is 71.8 Å². The minimum atomic E-state index is -4.26. The number of nitrogens with one attached hydrogen (secondary N) is 3. The lowest BCUT2D eigenvalue weighted by Gasteiger charge is -2.36. The van der Waals surface area contributed by atoms with Crippen molar-refractivity contribution in [1.82, 2.24) is 30.4 Å². The molecule has 0 radical (unpaired) electrons. The molecule has 2 aliphatic carbocycles. The lowest BCUT2D eigenvalue weighted by Crippen LogP contribution is -2.60. The Kier molecular flexibility index (Phi) is 12.1. The molecule has 2 aromatic heterocycles. The Bertz CT molecular complexity index is 2580. The fourth-order valence-electron chi connectivity index (χ4n) is 8.37. The van der Waals surface area contributed by atoms with Gasteiger partial charge in [-0.25, -0.2) is 18.2 Å². The predicted octanol–water partition coefficient (Wildman–Crippen LogP) is 6.09. The molecule has 1 saturated heterocycles. The molecule has 64 heavy (non-hydrogen) atoms. The molecule has 4 aromatic rings. The molecular weight excluding hydrogens is 841 g/mol. The van der Waals surface area contributed by atoms with Crippen molar-refractivity contribution >= 4 is 44.7 Å². The van der Waals surface area contributed by atoms with E-state index in [2.05, 4.69) is 27.1 Å². The summed E-state index contributed by atoms with van der Waals surface area (Å²) in [5.41, 5.74) is -0.0887. The predicted molar refractivity (Wildman–Crippen MR) is 239 cm³/mol. The summed E-state index contributed by atoms with van der Waals surface area (Å²) in [6.07, 6.45) is 0.747. The molecule has 2 saturated carbocycles. The van der Waals surface area contributed by atoms with Crippen LogP contribution in [0.25, 0.3) is 22.2 Å². The van der Waals surface area contributed by atoms with Crippen molar-refractivity contribution in [2.75, 3.05) is 13.7 Å². The molecular formula is C47H58N6O10S. The number of hydrogen-bond acceptors (Lipinski definition) is 12. The van der Waals surface area contributed by atoms with Crippen molar-refractivity contribution in [3.8, 4) is 22.8 Å². The van der Waals surface area contributed by atoms with Gasteiger partial charge in [-0.3, -0.25) is 19.1 Å². The molecule has 3 aliphatic rings. The second-order valence-corrected chi connectivity index (χ2v) is 21.4. The molecule has 17 heteroatoms. The summed E-state index contributed by atoms with van der Waals surface area (Å²) >= 11 is 0. The van der Waals surface area contributed by atoms with E-state index in [1.807, 2.05) is 42.5 Å². The van der Waals surface area contributed by atoms with Gasteiger partial charge in [0.25, 0.3) is 5.91 Å². The number of amides is 4. The number of rotatable bonds is 14. The molecule has 16 nitrogen and oxygen atoms in total. The lowest BCUT2D eigenvalue weighted by molar-refractivity contribution is -0.143. The smallest absolute Gasteiger partial charge is 0.408 e. The molecule has 3 fully saturated rings. The number of aryl methyl sites for hydroxylation is 2. The maximum absolute atomic E-state index is 14.9. The second-order valence-electron chi connectivity index (χ2n) is 19.3.